The third-order valence-electron chi connectivity index (χ3n) is 4.62. The lowest BCUT2D eigenvalue weighted by Gasteiger charge is -2.44. The first-order chi connectivity index (χ1) is 8.86. The maximum Gasteiger partial charge on any atom is 0.0726 e. The van der Waals surface area contributed by atoms with Crippen LogP contribution in [0.25, 0.3) is 0 Å². The SMILES string of the molecule is CCCN(C1CCCNC1)C1CCCCC1OC. The molecule has 1 aliphatic heterocycles. The summed E-state index contributed by atoms with van der Waals surface area (Å²) in [7, 11) is 1.90. The molecule has 1 aliphatic carbocycles. The molecule has 0 aromatic carbocycles. The van der Waals surface area contributed by atoms with E-state index in [1.807, 2.05) is 7.11 Å². The minimum Gasteiger partial charge on any atom is -0.380 e. The van der Waals surface area contributed by atoms with Gasteiger partial charge in [0, 0.05) is 25.7 Å². The van der Waals surface area contributed by atoms with Crippen LogP contribution in [0.3, 0.4) is 0 Å². The van der Waals surface area contributed by atoms with Crippen molar-refractivity contribution >= 4 is 0 Å². The van der Waals surface area contributed by atoms with Gasteiger partial charge in [0.15, 0.2) is 0 Å². The van der Waals surface area contributed by atoms with E-state index in [0.717, 1.165) is 6.04 Å². The highest BCUT2D eigenvalue weighted by molar-refractivity contribution is 4.89. The number of methoxy groups -OCH3 is 1. The molecule has 18 heavy (non-hydrogen) atoms. The fraction of sp³-hybridized carbons (Fsp3) is 1.00. The van der Waals surface area contributed by atoms with Crippen molar-refractivity contribution in [2.75, 3.05) is 26.7 Å². The maximum atomic E-state index is 5.76. The molecule has 0 spiro atoms. The minimum absolute atomic E-state index is 0.465. The largest absolute Gasteiger partial charge is 0.380 e. The maximum absolute atomic E-state index is 5.76. The molecule has 1 saturated carbocycles. The molecule has 0 aromatic heterocycles. The molecular formula is C15H30N2O. The summed E-state index contributed by atoms with van der Waals surface area (Å²) >= 11 is 0. The molecule has 106 valence electrons. The standard InChI is InChI=1S/C15H30N2O/c1-3-11-17(13-7-6-10-16-12-13)14-8-4-5-9-15(14)18-2/h13-16H,3-12H2,1-2H3. The van der Waals surface area contributed by atoms with Gasteiger partial charge in [0.2, 0.25) is 0 Å². The lowest BCUT2D eigenvalue weighted by molar-refractivity contribution is -0.0308. The zero-order valence-corrected chi connectivity index (χ0v) is 12.2. The van der Waals surface area contributed by atoms with E-state index in [1.165, 1.54) is 64.6 Å². The van der Waals surface area contributed by atoms with Crippen molar-refractivity contribution < 1.29 is 4.74 Å². The third-order valence-corrected chi connectivity index (χ3v) is 4.62. The average molecular weight is 254 g/mol. The molecule has 1 saturated heterocycles. The fourth-order valence-corrected chi connectivity index (χ4v) is 3.73. The Bertz CT molecular complexity index is 229. The number of ether oxygens (including phenoxy) is 1. The number of rotatable bonds is 5. The van der Waals surface area contributed by atoms with Crippen LogP contribution in [0.5, 0.6) is 0 Å². The predicted octanol–water partition coefficient (Wildman–Crippen LogP) is 2.41. The van der Waals surface area contributed by atoms with Crippen molar-refractivity contribution in [2.45, 2.75) is 70.1 Å². The van der Waals surface area contributed by atoms with Crippen LogP contribution in [0.1, 0.15) is 51.9 Å². The molecule has 0 aromatic rings. The first kappa shape index (κ1) is 14.3. The number of hydrogen-bond acceptors (Lipinski definition) is 3. The third kappa shape index (κ3) is 3.46. The van der Waals surface area contributed by atoms with Crippen molar-refractivity contribution in [2.24, 2.45) is 0 Å². The van der Waals surface area contributed by atoms with E-state index >= 15 is 0 Å². The molecule has 2 aliphatic rings. The van der Waals surface area contributed by atoms with Crippen LogP contribution in [-0.4, -0.2) is 49.8 Å². The van der Waals surface area contributed by atoms with Crippen LogP contribution in [-0.2, 0) is 4.74 Å². The monoisotopic (exact) mass is 254 g/mol. The lowest BCUT2D eigenvalue weighted by Crippen LogP contribution is -2.55. The van der Waals surface area contributed by atoms with Crippen LogP contribution < -0.4 is 5.32 Å². The van der Waals surface area contributed by atoms with Crippen molar-refractivity contribution in [3.8, 4) is 0 Å². The van der Waals surface area contributed by atoms with Gasteiger partial charge in [0.1, 0.15) is 0 Å². The van der Waals surface area contributed by atoms with Crippen molar-refractivity contribution in [1.82, 2.24) is 10.2 Å². The summed E-state index contributed by atoms with van der Waals surface area (Å²) in [6, 6.07) is 1.40. The highest BCUT2D eigenvalue weighted by atomic mass is 16.5. The second kappa shape index (κ2) is 7.46. The highest BCUT2D eigenvalue weighted by Gasteiger charge is 2.33. The van der Waals surface area contributed by atoms with Crippen LogP contribution >= 0.6 is 0 Å². The first-order valence-electron chi connectivity index (χ1n) is 7.86. The highest BCUT2D eigenvalue weighted by Crippen LogP contribution is 2.28. The summed E-state index contributed by atoms with van der Waals surface area (Å²) < 4.78 is 5.76. The molecule has 2 fully saturated rings. The Morgan fingerprint density at radius 2 is 2.00 bits per heavy atom. The Balaban J connectivity index is 2.01. The summed E-state index contributed by atoms with van der Waals surface area (Å²) in [5.74, 6) is 0. The summed E-state index contributed by atoms with van der Waals surface area (Å²) in [5, 5.41) is 3.56. The Kier molecular flexibility index (Phi) is 5.93. The molecule has 3 atom stereocenters. The summed E-state index contributed by atoms with van der Waals surface area (Å²) in [6.07, 6.45) is 9.71. The predicted molar refractivity (Wildman–Crippen MR) is 75.9 cm³/mol. The zero-order chi connectivity index (χ0) is 12.8. The molecule has 0 bridgehead atoms. The fourth-order valence-electron chi connectivity index (χ4n) is 3.73. The Labute approximate surface area is 112 Å². The van der Waals surface area contributed by atoms with E-state index in [4.69, 9.17) is 4.74 Å². The van der Waals surface area contributed by atoms with Gasteiger partial charge in [0.25, 0.3) is 0 Å². The van der Waals surface area contributed by atoms with Gasteiger partial charge in [-0.25, -0.2) is 0 Å². The minimum atomic E-state index is 0.465. The van der Waals surface area contributed by atoms with Gasteiger partial charge >= 0.3 is 0 Å². The molecule has 1 N–H and O–H groups in total. The van der Waals surface area contributed by atoms with E-state index in [2.05, 4.69) is 17.1 Å². The van der Waals surface area contributed by atoms with Crippen molar-refractivity contribution in [3.05, 3.63) is 0 Å². The van der Waals surface area contributed by atoms with Gasteiger partial charge in [-0.2, -0.15) is 0 Å². The van der Waals surface area contributed by atoms with Gasteiger partial charge in [-0.3, -0.25) is 4.90 Å². The summed E-state index contributed by atoms with van der Waals surface area (Å²) in [4.78, 5) is 2.76. The summed E-state index contributed by atoms with van der Waals surface area (Å²) in [5.41, 5.74) is 0. The second-order valence-electron chi connectivity index (χ2n) is 5.86. The summed E-state index contributed by atoms with van der Waals surface area (Å²) in [6.45, 7) is 5.91. The Hall–Kier alpha value is -0.120. The van der Waals surface area contributed by atoms with Gasteiger partial charge in [-0.1, -0.05) is 19.8 Å². The van der Waals surface area contributed by atoms with E-state index in [9.17, 15) is 0 Å². The quantitative estimate of drug-likeness (QED) is 0.815. The van der Waals surface area contributed by atoms with Crippen LogP contribution in [0.15, 0.2) is 0 Å². The Morgan fingerprint density at radius 3 is 2.67 bits per heavy atom. The van der Waals surface area contributed by atoms with Crippen molar-refractivity contribution in [1.29, 1.82) is 0 Å². The average Bonchev–Trinajstić information content (AvgIpc) is 2.46. The molecule has 0 amide bonds. The van der Waals surface area contributed by atoms with E-state index in [-0.39, 0.29) is 0 Å². The van der Waals surface area contributed by atoms with Crippen molar-refractivity contribution in [3.63, 3.8) is 0 Å². The number of piperidine rings is 1. The van der Waals surface area contributed by atoms with Gasteiger partial charge < -0.3 is 10.1 Å². The smallest absolute Gasteiger partial charge is 0.0726 e. The molecule has 2 rings (SSSR count). The lowest BCUT2D eigenvalue weighted by atomic mass is 9.89. The zero-order valence-electron chi connectivity index (χ0n) is 12.2. The molecular weight excluding hydrogens is 224 g/mol. The van der Waals surface area contributed by atoms with E-state index < -0.39 is 0 Å². The topological polar surface area (TPSA) is 24.5 Å². The van der Waals surface area contributed by atoms with Crippen LogP contribution in [0, 0.1) is 0 Å². The number of hydrogen-bond donors (Lipinski definition) is 1. The molecule has 1 heterocycles. The van der Waals surface area contributed by atoms with E-state index in [1.54, 1.807) is 0 Å². The molecule has 3 nitrogen and oxygen atoms in total. The van der Waals surface area contributed by atoms with Gasteiger partial charge in [0.05, 0.1) is 6.10 Å². The van der Waals surface area contributed by atoms with E-state index in [0.29, 0.717) is 12.1 Å². The Morgan fingerprint density at radius 1 is 1.17 bits per heavy atom. The van der Waals surface area contributed by atoms with Gasteiger partial charge in [-0.05, 0) is 45.2 Å². The number of nitrogens with zero attached hydrogens (tertiary/aromatic N) is 1. The molecule has 0 radical (unpaired) electrons. The van der Waals surface area contributed by atoms with Gasteiger partial charge in [-0.15, -0.1) is 0 Å². The van der Waals surface area contributed by atoms with Crippen LogP contribution in [0.4, 0.5) is 0 Å². The first-order valence-corrected chi connectivity index (χ1v) is 7.86. The molecule has 3 unspecified atom stereocenters. The van der Waals surface area contributed by atoms with Crippen LogP contribution in [0.2, 0.25) is 0 Å². The normalized spacial score (nSPS) is 33.8. The number of nitrogens with one attached hydrogen (secondary N) is 1. The second-order valence-corrected chi connectivity index (χ2v) is 5.86. The molecule has 3 heteroatoms.